The third-order valence-corrected chi connectivity index (χ3v) is 5.00. The van der Waals surface area contributed by atoms with Crippen molar-refractivity contribution >= 4 is 28.7 Å². The number of nitrogens with one attached hydrogen (secondary N) is 1. The second-order valence-electron chi connectivity index (χ2n) is 7.69. The SMILES string of the molecule is Cc1c(CC(=O)NC(C)(C)C(=O)O)c2cc(O)c(F)cc2n1C(=O)c1cccc(F)c1. The fourth-order valence-corrected chi connectivity index (χ4v) is 3.33. The Morgan fingerprint density at radius 3 is 2.42 bits per heavy atom. The Hall–Kier alpha value is -3.75. The molecule has 0 aliphatic carbocycles. The molecule has 0 bridgehead atoms. The number of carboxylic acid groups (broad SMARTS) is 1. The summed E-state index contributed by atoms with van der Waals surface area (Å²) in [4.78, 5) is 36.9. The van der Waals surface area contributed by atoms with Gasteiger partial charge in [0, 0.05) is 22.7 Å². The predicted octanol–water partition coefficient (Wildman–Crippen LogP) is 3.14. The maximum absolute atomic E-state index is 14.1. The molecule has 3 N–H and O–H groups in total. The van der Waals surface area contributed by atoms with Gasteiger partial charge in [0.2, 0.25) is 5.91 Å². The van der Waals surface area contributed by atoms with Crippen LogP contribution < -0.4 is 5.32 Å². The number of carbonyl (C=O) groups excluding carboxylic acids is 2. The molecule has 0 unspecified atom stereocenters. The number of amides is 1. The van der Waals surface area contributed by atoms with Crippen molar-refractivity contribution in [1.29, 1.82) is 0 Å². The first kappa shape index (κ1) is 21.9. The Morgan fingerprint density at radius 1 is 1.13 bits per heavy atom. The van der Waals surface area contributed by atoms with Crippen molar-refractivity contribution in [1.82, 2.24) is 9.88 Å². The van der Waals surface area contributed by atoms with Gasteiger partial charge < -0.3 is 15.5 Å². The van der Waals surface area contributed by atoms with Crippen LogP contribution in [0.4, 0.5) is 8.78 Å². The van der Waals surface area contributed by atoms with Gasteiger partial charge >= 0.3 is 5.97 Å². The summed E-state index contributed by atoms with van der Waals surface area (Å²) in [5, 5.41) is 21.7. The van der Waals surface area contributed by atoms with E-state index in [1.54, 1.807) is 0 Å². The van der Waals surface area contributed by atoms with Crippen LogP contribution in [-0.2, 0) is 16.0 Å². The van der Waals surface area contributed by atoms with Crippen molar-refractivity contribution in [3.63, 3.8) is 0 Å². The normalized spacial score (nSPS) is 11.5. The molecule has 0 atom stereocenters. The van der Waals surface area contributed by atoms with Crippen molar-refractivity contribution in [2.45, 2.75) is 32.7 Å². The number of aromatic nitrogens is 1. The van der Waals surface area contributed by atoms with Gasteiger partial charge in [-0.1, -0.05) is 6.07 Å². The number of carboxylic acids is 1. The smallest absolute Gasteiger partial charge is 0.328 e. The number of aromatic hydroxyl groups is 1. The van der Waals surface area contributed by atoms with E-state index in [0.717, 1.165) is 22.8 Å². The molecule has 0 fully saturated rings. The van der Waals surface area contributed by atoms with E-state index in [0.29, 0.717) is 5.56 Å². The van der Waals surface area contributed by atoms with Crippen LogP contribution in [0.1, 0.15) is 35.5 Å². The van der Waals surface area contributed by atoms with E-state index < -0.39 is 40.7 Å². The summed E-state index contributed by atoms with van der Waals surface area (Å²) < 4.78 is 28.8. The summed E-state index contributed by atoms with van der Waals surface area (Å²) in [6.45, 7) is 4.16. The highest BCUT2D eigenvalue weighted by Gasteiger charge is 2.30. The lowest BCUT2D eigenvalue weighted by molar-refractivity contribution is -0.145. The molecule has 3 rings (SSSR count). The average Bonchev–Trinajstić information content (AvgIpc) is 2.92. The molecule has 7 nitrogen and oxygen atoms in total. The minimum atomic E-state index is -1.53. The van der Waals surface area contributed by atoms with E-state index >= 15 is 0 Å². The topological polar surface area (TPSA) is 109 Å². The number of aliphatic carboxylic acids is 1. The Labute approximate surface area is 175 Å². The van der Waals surface area contributed by atoms with Gasteiger partial charge in [-0.15, -0.1) is 0 Å². The van der Waals surface area contributed by atoms with E-state index in [1.807, 2.05) is 0 Å². The lowest BCUT2D eigenvalue weighted by Gasteiger charge is -2.21. The van der Waals surface area contributed by atoms with Crippen molar-refractivity contribution in [2.24, 2.45) is 0 Å². The Balaban J connectivity index is 2.14. The summed E-state index contributed by atoms with van der Waals surface area (Å²) >= 11 is 0. The molecule has 162 valence electrons. The van der Waals surface area contributed by atoms with Crippen LogP contribution in [-0.4, -0.2) is 38.1 Å². The second-order valence-corrected chi connectivity index (χ2v) is 7.69. The number of carbonyl (C=O) groups is 3. The molecule has 1 aromatic heterocycles. The molecule has 3 aromatic rings. The molecular weight excluding hydrogens is 410 g/mol. The first-order chi connectivity index (χ1) is 14.4. The number of phenols is 1. The summed E-state index contributed by atoms with van der Waals surface area (Å²) in [6, 6.07) is 7.02. The number of hydrogen-bond donors (Lipinski definition) is 3. The Kier molecular flexibility index (Phi) is 5.54. The zero-order chi connectivity index (χ0) is 23.1. The monoisotopic (exact) mass is 430 g/mol. The van der Waals surface area contributed by atoms with Crippen molar-refractivity contribution < 1.29 is 33.4 Å². The Morgan fingerprint density at radius 2 is 1.81 bits per heavy atom. The maximum atomic E-state index is 14.1. The second kappa shape index (κ2) is 7.82. The zero-order valence-corrected chi connectivity index (χ0v) is 17.0. The van der Waals surface area contributed by atoms with Gasteiger partial charge in [0.25, 0.3) is 5.91 Å². The van der Waals surface area contributed by atoms with Crippen molar-refractivity contribution in [3.8, 4) is 5.75 Å². The van der Waals surface area contributed by atoms with E-state index in [9.17, 15) is 33.4 Å². The van der Waals surface area contributed by atoms with Crippen LogP contribution in [0.3, 0.4) is 0 Å². The van der Waals surface area contributed by atoms with Gasteiger partial charge in [0.05, 0.1) is 11.9 Å². The number of nitrogens with zero attached hydrogens (tertiary/aromatic N) is 1. The van der Waals surface area contributed by atoms with Gasteiger partial charge in [-0.05, 0) is 50.6 Å². The first-order valence-corrected chi connectivity index (χ1v) is 9.29. The molecule has 0 aliphatic heterocycles. The minimum absolute atomic E-state index is 0.0106. The summed E-state index contributed by atoms with van der Waals surface area (Å²) in [7, 11) is 0. The largest absolute Gasteiger partial charge is 0.505 e. The highest BCUT2D eigenvalue weighted by molar-refractivity contribution is 6.05. The first-order valence-electron chi connectivity index (χ1n) is 9.29. The number of rotatable bonds is 5. The number of halogens is 2. The van der Waals surface area contributed by atoms with Crippen molar-refractivity contribution in [2.75, 3.05) is 0 Å². The fraction of sp³-hybridized carbons (Fsp3) is 0.227. The molecule has 1 heterocycles. The number of phenolic OH excluding ortho intramolecular Hbond substituents is 1. The molecule has 0 radical (unpaired) electrons. The number of fused-ring (bicyclic) bond motifs is 1. The molecule has 0 aliphatic rings. The lowest BCUT2D eigenvalue weighted by atomic mass is 10.0. The van der Waals surface area contributed by atoms with Gasteiger partial charge in [-0.3, -0.25) is 14.2 Å². The lowest BCUT2D eigenvalue weighted by Crippen LogP contribution is -2.50. The minimum Gasteiger partial charge on any atom is -0.505 e. The van der Waals surface area contributed by atoms with E-state index in [4.69, 9.17) is 0 Å². The molecule has 0 spiro atoms. The maximum Gasteiger partial charge on any atom is 0.328 e. The van der Waals surface area contributed by atoms with Crippen molar-refractivity contribution in [3.05, 3.63) is 64.9 Å². The highest BCUT2D eigenvalue weighted by Crippen LogP contribution is 2.32. The molecule has 9 heteroatoms. The third-order valence-electron chi connectivity index (χ3n) is 5.00. The molecule has 31 heavy (non-hydrogen) atoms. The molecule has 1 amide bonds. The Bertz CT molecular complexity index is 1230. The van der Waals surface area contributed by atoms with Crippen LogP contribution in [0.5, 0.6) is 5.75 Å². The van der Waals surface area contributed by atoms with Crippen LogP contribution >= 0.6 is 0 Å². The molecule has 0 saturated carbocycles. The van der Waals surface area contributed by atoms with Crippen LogP contribution in [0.2, 0.25) is 0 Å². The molecular formula is C22H20F2N2O5. The number of hydrogen-bond acceptors (Lipinski definition) is 4. The third kappa shape index (κ3) is 4.11. The average molecular weight is 430 g/mol. The summed E-state index contributed by atoms with van der Waals surface area (Å²) in [6.07, 6.45) is -0.326. The molecule has 0 saturated heterocycles. The summed E-state index contributed by atoms with van der Waals surface area (Å²) in [5.74, 6) is -4.79. The zero-order valence-electron chi connectivity index (χ0n) is 17.0. The predicted molar refractivity (Wildman–Crippen MR) is 108 cm³/mol. The van der Waals surface area contributed by atoms with Gasteiger partial charge in [-0.25, -0.2) is 13.6 Å². The van der Waals surface area contributed by atoms with Crippen LogP contribution in [0.25, 0.3) is 10.9 Å². The quantitative estimate of drug-likeness (QED) is 0.576. The van der Waals surface area contributed by atoms with Gasteiger partial charge in [0.15, 0.2) is 11.6 Å². The standard InChI is InChI=1S/C22H20F2N2O5/c1-11-14(9-19(28)25-22(2,3)21(30)31)15-8-18(27)16(24)10-17(15)26(11)20(29)12-5-4-6-13(23)7-12/h4-8,10,27H,9H2,1-3H3,(H,25,28)(H,30,31). The summed E-state index contributed by atoms with van der Waals surface area (Å²) in [5.41, 5.74) is -0.861. The van der Waals surface area contributed by atoms with E-state index in [-0.39, 0.29) is 28.6 Å². The van der Waals surface area contributed by atoms with E-state index in [2.05, 4.69) is 5.32 Å². The van der Waals surface area contributed by atoms with Gasteiger partial charge in [0.1, 0.15) is 11.4 Å². The molecule has 2 aromatic carbocycles. The fourth-order valence-electron chi connectivity index (χ4n) is 3.33. The van der Waals surface area contributed by atoms with Gasteiger partial charge in [-0.2, -0.15) is 0 Å². The van der Waals surface area contributed by atoms with E-state index in [1.165, 1.54) is 39.0 Å². The number of benzene rings is 2. The van der Waals surface area contributed by atoms with Crippen LogP contribution in [0.15, 0.2) is 36.4 Å². The van der Waals surface area contributed by atoms with Crippen LogP contribution in [0, 0.1) is 18.6 Å². The highest BCUT2D eigenvalue weighted by atomic mass is 19.1.